The van der Waals surface area contributed by atoms with E-state index in [-0.39, 0.29) is 0 Å². The molecule has 0 atom stereocenters. The van der Waals surface area contributed by atoms with Crippen molar-refractivity contribution in [2.75, 3.05) is 32.7 Å². The van der Waals surface area contributed by atoms with Crippen molar-refractivity contribution in [3.63, 3.8) is 0 Å². The van der Waals surface area contributed by atoms with Crippen molar-refractivity contribution in [2.24, 2.45) is 0 Å². The van der Waals surface area contributed by atoms with Crippen LogP contribution < -0.4 is 0 Å². The van der Waals surface area contributed by atoms with Gasteiger partial charge in [-0.3, -0.25) is 9.58 Å². The summed E-state index contributed by atoms with van der Waals surface area (Å²) in [6.45, 7) is 8.22. The van der Waals surface area contributed by atoms with Gasteiger partial charge in [-0.15, -0.1) is 5.10 Å². The molecule has 112 valence electrons. The molecule has 0 radical (unpaired) electrons. The minimum atomic E-state index is 0.978. The second-order valence-corrected chi connectivity index (χ2v) is 6.21. The SMILES string of the molecule is c1c(CN2CCCC2)nnn1CCCN1CCCCC1. The number of hydrogen-bond donors (Lipinski definition) is 0. The zero-order valence-corrected chi connectivity index (χ0v) is 12.5. The first-order valence-corrected chi connectivity index (χ1v) is 8.24. The van der Waals surface area contributed by atoms with Gasteiger partial charge in [-0.05, 0) is 64.8 Å². The molecule has 5 heteroatoms. The highest BCUT2D eigenvalue weighted by molar-refractivity contribution is 4.92. The third kappa shape index (κ3) is 4.03. The van der Waals surface area contributed by atoms with Gasteiger partial charge in [0.1, 0.15) is 0 Å². The molecule has 0 spiro atoms. The Balaban J connectivity index is 1.38. The first-order valence-electron chi connectivity index (χ1n) is 8.24. The van der Waals surface area contributed by atoms with Crippen LogP contribution >= 0.6 is 0 Å². The molecule has 3 rings (SSSR count). The summed E-state index contributed by atoms with van der Waals surface area (Å²) in [5.41, 5.74) is 1.13. The topological polar surface area (TPSA) is 37.2 Å². The number of aryl methyl sites for hydroxylation is 1. The third-order valence-electron chi connectivity index (χ3n) is 4.48. The summed E-state index contributed by atoms with van der Waals surface area (Å²) in [5.74, 6) is 0. The maximum absolute atomic E-state index is 4.30. The third-order valence-corrected chi connectivity index (χ3v) is 4.48. The van der Waals surface area contributed by atoms with Gasteiger partial charge in [-0.2, -0.15) is 0 Å². The molecule has 5 nitrogen and oxygen atoms in total. The monoisotopic (exact) mass is 277 g/mol. The molecule has 20 heavy (non-hydrogen) atoms. The van der Waals surface area contributed by atoms with Crippen molar-refractivity contribution < 1.29 is 0 Å². The zero-order chi connectivity index (χ0) is 13.6. The summed E-state index contributed by atoms with van der Waals surface area (Å²) >= 11 is 0. The number of piperidine rings is 1. The van der Waals surface area contributed by atoms with E-state index in [2.05, 4.69) is 26.3 Å². The minimum Gasteiger partial charge on any atom is -0.303 e. The molecule has 2 aliphatic heterocycles. The number of aromatic nitrogens is 3. The molecule has 0 aliphatic carbocycles. The Labute approximate surface area is 121 Å². The van der Waals surface area contributed by atoms with Gasteiger partial charge >= 0.3 is 0 Å². The van der Waals surface area contributed by atoms with E-state index in [1.54, 1.807) is 0 Å². The van der Waals surface area contributed by atoms with Crippen LogP contribution in [0.1, 0.15) is 44.2 Å². The van der Waals surface area contributed by atoms with E-state index in [1.165, 1.54) is 71.2 Å². The smallest absolute Gasteiger partial charge is 0.0967 e. The molecule has 0 bridgehead atoms. The van der Waals surface area contributed by atoms with E-state index in [9.17, 15) is 0 Å². The average Bonchev–Trinajstić information content (AvgIpc) is 3.13. The summed E-state index contributed by atoms with van der Waals surface area (Å²) in [6, 6.07) is 0. The van der Waals surface area contributed by atoms with E-state index in [0.717, 1.165) is 18.8 Å². The molecule has 0 amide bonds. The quantitative estimate of drug-likeness (QED) is 0.794. The van der Waals surface area contributed by atoms with Gasteiger partial charge in [0.05, 0.1) is 5.69 Å². The van der Waals surface area contributed by atoms with E-state index in [1.807, 2.05) is 4.68 Å². The molecular weight excluding hydrogens is 250 g/mol. The van der Waals surface area contributed by atoms with Gasteiger partial charge in [0.15, 0.2) is 0 Å². The highest BCUT2D eigenvalue weighted by Gasteiger charge is 2.14. The molecule has 0 N–H and O–H groups in total. The summed E-state index contributed by atoms with van der Waals surface area (Å²) < 4.78 is 2.02. The van der Waals surface area contributed by atoms with Gasteiger partial charge in [-0.25, -0.2) is 0 Å². The molecule has 2 aliphatic rings. The van der Waals surface area contributed by atoms with Crippen LogP contribution in [0.25, 0.3) is 0 Å². The van der Waals surface area contributed by atoms with Gasteiger partial charge in [-0.1, -0.05) is 11.6 Å². The highest BCUT2D eigenvalue weighted by atomic mass is 15.4. The Hall–Kier alpha value is -0.940. The number of rotatable bonds is 6. The molecule has 1 aromatic rings. The maximum Gasteiger partial charge on any atom is 0.0967 e. The fourth-order valence-corrected chi connectivity index (χ4v) is 3.33. The molecule has 0 aromatic carbocycles. The average molecular weight is 277 g/mol. The lowest BCUT2D eigenvalue weighted by Crippen LogP contribution is -2.31. The second kappa shape index (κ2) is 7.18. The predicted octanol–water partition coefficient (Wildman–Crippen LogP) is 1.75. The van der Waals surface area contributed by atoms with E-state index < -0.39 is 0 Å². The Bertz CT molecular complexity index is 391. The van der Waals surface area contributed by atoms with Gasteiger partial charge in [0, 0.05) is 19.3 Å². The Kier molecular flexibility index (Phi) is 5.03. The largest absolute Gasteiger partial charge is 0.303 e. The summed E-state index contributed by atoms with van der Waals surface area (Å²) in [6.07, 6.45) is 10.2. The van der Waals surface area contributed by atoms with Crippen LogP contribution in [0, 0.1) is 0 Å². The van der Waals surface area contributed by atoms with Crippen LogP contribution in [0.2, 0.25) is 0 Å². The number of hydrogen-bond acceptors (Lipinski definition) is 4. The van der Waals surface area contributed by atoms with Crippen molar-refractivity contribution in [1.82, 2.24) is 24.8 Å². The molecule has 0 unspecified atom stereocenters. The predicted molar refractivity (Wildman–Crippen MR) is 79.4 cm³/mol. The lowest BCUT2D eigenvalue weighted by Gasteiger charge is -2.26. The Morgan fingerprint density at radius 3 is 2.35 bits per heavy atom. The van der Waals surface area contributed by atoms with Gasteiger partial charge in [0.2, 0.25) is 0 Å². The summed E-state index contributed by atoms with van der Waals surface area (Å²) in [4.78, 5) is 5.06. The standard InChI is InChI=1S/C15H27N5/c1-2-7-18(8-3-1)11-6-12-20-14-15(16-17-20)13-19-9-4-5-10-19/h14H,1-13H2. The molecule has 2 fully saturated rings. The fourth-order valence-electron chi connectivity index (χ4n) is 3.33. The Morgan fingerprint density at radius 2 is 1.55 bits per heavy atom. The molecule has 0 saturated carbocycles. The van der Waals surface area contributed by atoms with E-state index in [0.29, 0.717) is 0 Å². The second-order valence-electron chi connectivity index (χ2n) is 6.21. The van der Waals surface area contributed by atoms with E-state index in [4.69, 9.17) is 0 Å². The van der Waals surface area contributed by atoms with Crippen LogP contribution in [-0.4, -0.2) is 57.5 Å². The van der Waals surface area contributed by atoms with Gasteiger partial charge < -0.3 is 4.90 Å². The van der Waals surface area contributed by atoms with Crippen LogP contribution in [0.15, 0.2) is 6.20 Å². The highest BCUT2D eigenvalue weighted by Crippen LogP contribution is 2.11. The van der Waals surface area contributed by atoms with E-state index >= 15 is 0 Å². The fraction of sp³-hybridized carbons (Fsp3) is 0.867. The van der Waals surface area contributed by atoms with Crippen molar-refractivity contribution in [2.45, 2.75) is 51.6 Å². The van der Waals surface area contributed by atoms with Crippen molar-refractivity contribution in [1.29, 1.82) is 0 Å². The first-order chi connectivity index (χ1) is 9.90. The van der Waals surface area contributed by atoms with Gasteiger partial charge in [0.25, 0.3) is 0 Å². The maximum atomic E-state index is 4.30. The van der Waals surface area contributed by atoms with Crippen molar-refractivity contribution in [3.8, 4) is 0 Å². The summed E-state index contributed by atoms with van der Waals surface area (Å²) in [5, 5.41) is 8.57. The van der Waals surface area contributed by atoms with Crippen LogP contribution in [-0.2, 0) is 13.1 Å². The lowest BCUT2D eigenvalue weighted by molar-refractivity contribution is 0.221. The van der Waals surface area contributed by atoms with Crippen molar-refractivity contribution in [3.05, 3.63) is 11.9 Å². The normalized spacial score (nSPS) is 21.6. The van der Waals surface area contributed by atoms with Crippen molar-refractivity contribution >= 4 is 0 Å². The molecule has 3 heterocycles. The first kappa shape index (κ1) is 14.0. The molecule has 1 aromatic heterocycles. The summed E-state index contributed by atoms with van der Waals surface area (Å²) in [7, 11) is 0. The lowest BCUT2D eigenvalue weighted by atomic mass is 10.1. The van der Waals surface area contributed by atoms with Crippen LogP contribution in [0.5, 0.6) is 0 Å². The van der Waals surface area contributed by atoms with Crippen LogP contribution in [0.3, 0.4) is 0 Å². The minimum absolute atomic E-state index is 0.978. The Morgan fingerprint density at radius 1 is 0.850 bits per heavy atom. The zero-order valence-electron chi connectivity index (χ0n) is 12.5. The molecule has 2 saturated heterocycles. The number of nitrogens with zero attached hydrogens (tertiary/aromatic N) is 5. The number of likely N-dealkylation sites (tertiary alicyclic amines) is 2. The van der Waals surface area contributed by atoms with Crippen LogP contribution in [0.4, 0.5) is 0 Å². The molecular formula is C15H27N5.